The van der Waals surface area contributed by atoms with Crippen LogP contribution in [0.25, 0.3) is 0 Å². The average molecular weight is 470 g/mol. The van der Waals surface area contributed by atoms with Crippen molar-refractivity contribution in [1.29, 1.82) is 0 Å². The van der Waals surface area contributed by atoms with Gasteiger partial charge in [0.2, 0.25) is 5.95 Å². The van der Waals surface area contributed by atoms with E-state index in [1.54, 1.807) is 5.51 Å². The van der Waals surface area contributed by atoms with Gasteiger partial charge in [0.25, 0.3) is 5.56 Å². The van der Waals surface area contributed by atoms with E-state index in [9.17, 15) is 18.0 Å². The second-order valence-corrected chi connectivity index (χ2v) is 10.2. The van der Waals surface area contributed by atoms with Gasteiger partial charge in [0, 0.05) is 36.9 Å². The number of hydrogen-bond acceptors (Lipinski definition) is 7. The quantitative estimate of drug-likeness (QED) is 0.671. The Balaban J connectivity index is 1.57. The number of fused-ring (bicyclic) bond motifs is 3. The number of aromatic nitrogens is 3. The Morgan fingerprint density at radius 2 is 2.16 bits per heavy atom. The maximum atomic E-state index is 14.5. The van der Waals surface area contributed by atoms with Crippen molar-refractivity contribution in [2.75, 3.05) is 29.5 Å². The maximum Gasteiger partial charge on any atom is 0.413 e. The van der Waals surface area contributed by atoms with E-state index in [1.807, 2.05) is 18.7 Å². The van der Waals surface area contributed by atoms with Crippen LogP contribution in [0.15, 0.2) is 16.4 Å². The Morgan fingerprint density at radius 3 is 2.72 bits per heavy atom. The summed E-state index contributed by atoms with van der Waals surface area (Å²) in [6, 6.07) is 1.38. The number of morpholine rings is 1. The highest BCUT2D eigenvalue weighted by molar-refractivity contribution is 7.09. The largest absolute Gasteiger partial charge is 0.413 e. The first-order valence-electron chi connectivity index (χ1n) is 10.8. The van der Waals surface area contributed by atoms with Gasteiger partial charge >= 0.3 is 6.18 Å². The fourth-order valence-corrected chi connectivity index (χ4v) is 6.13. The van der Waals surface area contributed by atoms with Crippen molar-refractivity contribution in [3.05, 3.63) is 32.5 Å². The molecule has 7 nitrogen and oxygen atoms in total. The number of anilines is 2. The molecule has 3 unspecified atom stereocenters. The topological polar surface area (TPSA) is 63.5 Å². The highest BCUT2D eigenvalue weighted by Crippen LogP contribution is 2.47. The number of ether oxygens (including phenoxy) is 1. The first-order valence-corrected chi connectivity index (χ1v) is 11.7. The van der Waals surface area contributed by atoms with Crippen LogP contribution >= 0.6 is 11.3 Å². The van der Waals surface area contributed by atoms with Crippen molar-refractivity contribution in [1.82, 2.24) is 14.5 Å². The van der Waals surface area contributed by atoms with Gasteiger partial charge in [-0.3, -0.25) is 9.36 Å². The lowest BCUT2D eigenvalue weighted by atomic mass is 9.94. The molecule has 2 fully saturated rings. The molecule has 32 heavy (non-hydrogen) atoms. The van der Waals surface area contributed by atoms with Crippen LogP contribution in [-0.2, 0) is 17.7 Å². The molecule has 11 heteroatoms. The summed E-state index contributed by atoms with van der Waals surface area (Å²) in [4.78, 5) is 26.2. The fourth-order valence-electron chi connectivity index (χ4n) is 5.36. The van der Waals surface area contributed by atoms with Crippen molar-refractivity contribution >= 4 is 23.1 Å². The monoisotopic (exact) mass is 469 g/mol. The summed E-state index contributed by atoms with van der Waals surface area (Å²) in [6.45, 7) is 6.19. The zero-order valence-corrected chi connectivity index (χ0v) is 19.1. The number of thiazole rings is 1. The molecule has 2 aromatic rings. The predicted molar refractivity (Wildman–Crippen MR) is 116 cm³/mol. The molecule has 0 spiro atoms. The zero-order valence-electron chi connectivity index (χ0n) is 18.3. The highest BCUT2D eigenvalue weighted by atomic mass is 32.1. The molecule has 0 N–H and O–H groups in total. The molecule has 0 aliphatic carbocycles. The standard InChI is InChI=1S/C21H26F3N5O2S/c1-4-20(21(22,23)24)10-27-17(30)7-16(29-9-14-8-19(29,3)11-31-14)26-18(27)28(20)6-5-15-13(2)25-12-32-15/h7,12,14H,4-6,8-11H2,1-3H3. The first kappa shape index (κ1) is 21.7. The van der Waals surface area contributed by atoms with E-state index in [0.29, 0.717) is 25.4 Å². The summed E-state index contributed by atoms with van der Waals surface area (Å²) in [7, 11) is 0. The van der Waals surface area contributed by atoms with Gasteiger partial charge in [0.05, 0.1) is 36.0 Å². The number of alkyl halides is 3. The van der Waals surface area contributed by atoms with Gasteiger partial charge in [-0.2, -0.15) is 18.2 Å². The third-order valence-electron chi connectivity index (χ3n) is 7.28. The van der Waals surface area contributed by atoms with E-state index in [0.717, 1.165) is 17.0 Å². The summed E-state index contributed by atoms with van der Waals surface area (Å²) < 4.78 is 50.3. The summed E-state index contributed by atoms with van der Waals surface area (Å²) in [5, 5.41) is 0. The molecule has 174 valence electrons. The van der Waals surface area contributed by atoms with Gasteiger partial charge in [0.1, 0.15) is 5.82 Å². The molecule has 2 aromatic heterocycles. The van der Waals surface area contributed by atoms with Gasteiger partial charge in [-0.1, -0.05) is 6.92 Å². The van der Waals surface area contributed by atoms with E-state index in [4.69, 9.17) is 4.74 Å². The molecule has 2 saturated heterocycles. The number of halogens is 3. The molecule has 0 aromatic carbocycles. The molecule has 5 heterocycles. The Hall–Kier alpha value is -2.14. The SMILES string of the molecule is CCC1(C(F)(F)F)Cn2c(nc(N3CC4CC3(C)CO4)cc2=O)N1CCc1scnc1C. The van der Waals surface area contributed by atoms with Crippen LogP contribution in [0.5, 0.6) is 0 Å². The number of rotatable bonds is 5. The molecule has 5 rings (SSSR count). The van der Waals surface area contributed by atoms with Gasteiger partial charge in [-0.15, -0.1) is 11.3 Å². The third-order valence-corrected chi connectivity index (χ3v) is 8.28. The second-order valence-electron chi connectivity index (χ2n) is 9.23. The molecule has 2 bridgehead atoms. The van der Waals surface area contributed by atoms with E-state index in [2.05, 4.69) is 9.97 Å². The van der Waals surface area contributed by atoms with Crippen molar-refractivity contribution in [2.45, 2.75) is 69.9 Å². The molecular formula is C21H26F3N5O2S. The lowest BCUT2D eigenvalue weighted by Gasteiger charge is -2.39. The van der Waals surface area contributed by atoms with Crippen molar-refractivity contribution in [2.24, 2.45) is 0 Å². The van der Waals surface area contributed by atoms with Crippen LogP contribution in [0.1, 0.15) is 37.3 Å². The highest BCUT2D eigenvalue weighted by Gasteiger charge is 2.62. The Bertz CT molecular complexity index is 1100. The Kier molecular flexibility index (Phi) is 4.87. The van der Waals surface area contributed by atoms with Gasteiger partial charge in [-0.05, 0) is 20.3 Å². The molecule has 3 aliphatic heterocycles. The number of nitrogens with zero attached hydrogens (tertiary/aromatic N) is 5. The van der Waals surface area contributed by atoms with Gasteiger partial charge in [0.15, 0.2) is 5.54 Å². The Morgan fingerprint density at radius 1 is 1.38 bits per heavy atom. The molecule has 0 radical (unpaired) electrons. The average Bonchev–Trinajstić information content (AvgIpc) is 3.46. The number of aryl methyl sites for hydroxylation is 1. The van der Waals surface area contributed by atoms with Crippen LogP contribution < -0.4 is 15.4 Å². The van der Waals surface area contributed by atoms with Crippen molar-refractivity contribution in [3.8, 4) is 0 Å². The minimum absolute atomic E-state index is 0.0631. The lowest BCUT2D eigenvalue weighted by Crippen LogP contribution is -2.58. The van der Waals surface area contributed by atoms with Crippen LogP contribution in [0.2, 0.25) is 0 Å². The maximum absolute atomic E-state index is 14.5. The van der Waals surface area contributed by atoms with E-state index >= 15 is 0 Å². The zero-order chi connectivity index (χ0) is 22.9. The van der Waals surface area contributed by atoms with E-state index in [1.165, 1.54) is 33.8 Å². The smallest absolute Gasteiger partial charge is 0.374 e. The Labute approximate surface area is 187 Å². The van der Waals surface area contributed by atoms with Crippen LogP contribution in [0.4, 0.5) is 24.9 Å². The van der Waals surface area contributed by atoms with Gasteiger partial charge in [-0.25, -0.2) is 4.98 Å². The predicted octanol–water partition coefficient (Wildman–Crippen LogP) is 3.15. The third kappa shape index (κ3) is 3.07. The van der Waals surface area contributed by atoms with E-state index in [-0.39, 0.29) is 30.6 Å². The van der Waals surface area contributed by atoms with Crippen LogP contribution in [0, 0.1) is 6.92 Å². The van der Waals surface area contributed by atoms with Crippen molar-refractivity contribution in [3.63, 3.8) is 0 Å². The molecule has 3 aliphatic rings. The summed E-state index contributed by atoms with van der Waals surface area (Å²) in [5.41, 5.74) is -0.386. The summed E-state index contributed by atoms with van der Waals surface area (Å²) in [6.07, 6.45) is -3.40. The summed E-state index contributed by atoms with van der Waals surface area (Å²) in [5.74, 6) is 0.531. The number of hydrogen-bond donors (Lipinski definition) is 0. The minimum atomic E-state index is -4.52. The second kappa shape index (κ2) is 7.18. The normalized spacial score (nSPS) is 29.2. The van der Waals surface area contributed by atoms with Crippen LogP contribution in [-0.4, -0.2) is 57.6 Å². The van der Waals surface area contributed by atoms with Crippen LogP contribution in [0.3, 0.4) is 0 Å². The molecular weight excluding hydrogens is 443 g/mol. The van der Waals surface area contributed by atoms with E-state index < -0.39 is 23.8 Å². The summed E-state index contributed by atoms with van der Waals surface area (Å²) >= 11 is 1.43. The first-order chi connectivity index (χ1) is 15.1. The fraction of sp³-hybridized carbons (Fsp3) is 0.667. The van der Waals surface area contributed by atoms with Crippen molar-refractivity contribution < 1.29 is 17.9 Å². The lowest BCUT2D eigenvalue weighted by molar-refractivity contribution is -0.188. The minimum Gasteiger partial charge on any atom is -0.374 e. The van der Waals surface area contributed by atoms with Gasteiger partial charge < -0.3 is 14.5 Å². The molecule has 0 saturated carbocycles. The molecule has 3 atom stereocenters. The molecule has 0 amide bonds.